The molecule has 0 saturated heterocycles. The lowest BCUT2D eigenvalue weighted by molar-refractivity contribution is -0.146. The molecule has 0 radical (unpaired) electrons. The highest BCUT2D eigenvalue weighted by Crippen LogP contribution is 2.68. The maximum atomic E-state index is 12.7. The van der Waals surface area contributed by atoms with Crippen molar-refractivity contribution in [2.75, 3.05) is 13.7 Å². The fourth-order valence-electron chi connectivity index (χ4n) is 9.24. The molecule has 0 heterocycles. The minimum atomic E-state index is -0.472. The number of nitrogens with two attached hydrogens (primary N) is 1. The van der Waals surface area contributed by atoms with Crippen molar-refractivity contribution in [1.82, 2.24) is 10.6 Å². The fraction of sp³-hybridized carbons (Fsp3) is 0.733. The van der Waals surface area contributed by atoms with Crippen molar-refractivity contribution in [1.29, 1.82) is 0 Å². The van der Waals surface area contributed by atoms with Crippen LogP contribution in [0, 0.1) is 34.5 Å². The topological polar surface area (TPSA) is 114 Å². The van der Waals surface area contributed by atoms with Crippen molar-refractivity contribution in [2.24, 2.45) is 40.2 Å². The molecule has 1 unspecified atom stereocenters. The van der Waals surface area contributed by atoms with Gasteiger partial charge in [0.15, 0.2) is 0 Å². The zero-order valence-electron chi connectivity index (χ0n) is 23.1. The molecule has 9 atom stereocenters. The summed E-state index contributed by atoms with van der Waals surface area (Å²) in [4.78, 5) is 25.5. The number of rotatable bonds is 5. The lowest BCUT2D eigenvalue weighted by Gasteiger charge is -2.64. The Morgan fingerprint density at radius 3 is 2.47 bits per heavy atom. The molecule has 0 spiro atoms. The summed E-state index contributed by atoms with van der Waals surface area (Å²) >= 11 is 0. The van der Waals surface area contributed by atoms with Gasteiger partial charge >= 0.3 is 6.09 Å². The number of carbonyl (C=O) groups is 2. The van der Waals surface area contributed by atoms with E-state index >= 15 is 0 Å². The van der Waals surface area contributed by atoms with E-state index in [1.54, 1.807) is 7.05 Å². The van der Waals surface area contributed by atoms with Gasteiger partial charge < -0.3 is 26.2 Å². The number of halogens is 1. The first-order valence-electron chi connectivity index (χ1n) is 14.3. The largest absolute Gasteiger partial charge is 0.446 e. The van der Waals surface area contributed by atoms with E-state index in [1.807, 2.05) is 30.3 Å². The number of carbonyl (C=O) groups excluding carboxylic acids is 2. The molecular weight excluding hydrogens is 502 g/mol. The van der Waals surface area contributed by atoms with E-state index in [4.69, 9.17) is 10.5 Å². The second kappa shape index (κ2) is 11.0. The van der Waals surface area contributed by atoms with Crippen molar-refractivity contribution >= 4 is 24.4 Å². The zero-order valence-corrected chi connectivity index (χ0v) is 23.9. The van der Waals surface area contributed by atoms with Crippen molar-refractivity contribution < 1.29 is 19.4 Å². The van der Waals surface area contributed by atoms with E-state index in [9.17, 15) is 14.7 Å². The van der Waals surface area contributed by atoms with E-state index in [2.05, 4.69) is 24.5 Å². The lowest BCUT2D eigenvalue weighted by atomic mass is 9.42. The van der Waals surface area contributed by atoms with Crippen LogP contribution >= 0.6 is 12.4 Å². The molecule has 4 aliphatic carbocycles. The van der Waals surface area contributed by atoms with Crippen LogP contribution in [0.3, 0.4) is 0 Å². The van der Waals surface area contributed by atoms with Crippen LogP contribution in [0.5, 0.6) is 0 Å². The molecule has 212 valence electrons. The monoisotopic (exact) mass is 547 g/mol. The SMILES string of the molecule is CNC(=O)[C@H]1CC[C@]2(N)[C@@H]3CC[C@@H]4C[C@@H](OC(=O)NC(CO)c5ccccc5)CC[C@]4(C)[C@H]3CC[C@]12C.Cl. The highest BCUT2D eigenvalue weighted by Gasteiger charge is 2.67. The smallest absolute Gasteiger partial charge is 0.407 e. The minimum absolute atomic E-state index is 0. The Balaban J connectivity index is 0.00000336. The molecular formula is C30H46ClN3O4. The Morgan fingerprint density at radius 1 is 1.05 bits per heavy atom. The summed E-state index contributed by atoms with van der Waals surface area (Å²) in [5.74, 6) is 1.67. The van der Waals surface area contributed by atoms with Crippen LogP contribution in [0.25, 0.3) is 0 Å². The molecule has 2 amide bonds. The van der Waals surface area contributed by atoms with Gasteiger partial charge in [-0.1, -0.05) is 44.2 Å². The number of ether oxygens (including phenoxy) is 1. The second-order valence-corrected chi connectivity index (χ2v) is 12.8. The minimum Gasteiger partial charge on any atom is -0.446 e. The number of alkyl carbamates (subject to hydrolysis) is 1. The summed E-state index contributed by atoms with van der Waals surface area (Å²) in [7, 11) is 1.74. The van der Waals surface area contributed by atoms with Gasteiger partial charge in [0.05, 0.1) is 12.6 Å². The van der Waals surface area contributed by atoms with Crippen molar-refractivity contribution in [3.8, 4) is 0 Å². The average Bonchev–Trinajstić information content (AvgIpc) is 3.18. The predicted molar refractivity (Wildman–Crippen MR) is 150 cm³/mol. The summed E-state index contributed by atoms with van der Waals surface area (Å²) < 4.78 is 5.90. The summed E-state index contributed by atoms with van der Waals surface area (Å²) in [6, 6.07) is 9.02. The van der Waals surface area contributed by atoms with Crippen LogP contribution in [-0.4, -0.2) is 42.4 Å². The molecule has 5 N–H and O–H groups in total. The standard InChI is InChI=1S/C30H45N3O4.ClH/c1-28-14-11-21(37-27(36)33-25(18-34)19-7-5-4-6-8-19)17-20(28)9-10-23-22(28)12-15-29(2)24(26(35)32-3)13-16-30(23,29)31;/h4-8,20-25,34H,9-18,31H2,1-3H3,(H,32,35)(H,33,36);1H/t20-,21+,22+,23-,24-,25?,28+,29-,30+;/m1./s1. The van der Waals surface area contributed by atoms with Gasteiger partial charge in [-0.3, -0.25) is 4.79 Å². The van der Waals surface area contributed by atoms with Crippen molar-refractivity contribution in [3.05, 3.63) is 35.9 Å². The van der Waals surface area contributed by atoms with Gasteiger partial charge in [0, 0.05) is 18.5 Å². The Hall–Kier alpha value is -1.83. The summed E-state index contributed by atoms with van der Waals surface area (Å²) in [5, 5.41) is 15.5. The van der Waals surface area contributed by atoms with Gasteiger partial charge in [-0.2, -0.15) is 0 Å². The summed E-state index contributed by atoms with van der Waals surface area (Å²) in [6.07, 6.45) is 8.37. The molecule has 4 aliphatic rings. The third kappa shape index (κ3) is 4.62. The Kier molecular flexibility index (Phi) is 8.42. The van der Waals surface area contributed by atoms with Crippen molar-refractivity contribution in [2.45, 2.75) is 89.3 Å². The molecule has 0 bridgehead atoms. The van der Waals surface area contributed by atoms with Crippen LogP contribution in [0.2, 0.25) is 0 Å². The number of amides is 2. The van der Waals surface area contributed by atoms with Gasteiger partial charge in [-0.15, -0.1) is 12.4 Å². The van der Waals surface area contributed by atoms with Gasteiger partial charge in [0.2, 0.25) is 5.91 Å². The van der Waals surface area contributed by atoms with Gasteiger partial charge in [0.1, 0.15) is 6.10 Å². The lowest BCUT2D eigenvalue weighted by Crippen LogP contribution is -2.67. The van der Waals surface area contributed by atoms with Crippen LogP contribution in [0.15, 0.2) is 30.3 Å². The first-order valence-corrected chi connectivity index (χ1v) is 14.3. The molecule has 5 rings (SSSR count). The number of hydrogen-bond acceptors (Lipinski definition) is 5. The molecule has 4 saturated carbocycles. The van der Waals surface area contributed by atoms with E-state index in [0.717, 1.165) is 63.4 Å². The first kappa shape index (κ1) is 29.2. The molecule has 4 fully saturated rings. The van der Waals surface area contributed by atoms with Gasteiger partial charge in [-0.05, 0) is 91.9 Å². The van der Waals surface area contributed by atoms with Gasteiger partial charge in [0.25, 0.3) is 0 Å². The average molecular weight is 548 g/mol. The number of fused-ring (bicyclic) bond motifs is 5. The third-order valence-corrected chi connectivity index (χ3v) is 11.5. The van der Waals surface area contributed by atoms with E-state index in [-0.39, 0.29) is 53.3 Å². The molecule has 0 aliphatic heterocycles. The summed E-state index contributed by atoms with van der Waals surface area (Å²) in [5.41, 5.74) is 7.97. The van der Waals surface area contributed by atoms with Crippen LogP contribution < -0.4 is 16.4 Å². The van der Waals surface area contributed by atoms with Crippen molar-refractivity contribution in [3.63, 3.8) is 0 Å². The van der Waals surface area contributed by atoms with Crippen LogP contribution in [0.1, 0.15) is 83.2 Å². The third-order valence-electron chi connectivity index (χ3n) is 11.5. The molecule has 7 nitrogen and oxygen atoms in total. The van der Waals surface area contributed by atoms with E-state index in [1.165, 1.54) is 0 Å². The zero-order chi connectivity index (χ0) is 26.4. The Labute approximate surface area is 233 Å². The number of aliphatic hydroxyl groups is 1. The molecule has 0 aromatic heterocycles. The second-order valence-electron chi connectivity index (χ2n) is 12.8. The number of aliphatic hydroxyl groups excluding tert-OH is 1. The first-order chi connectivity index (χ1) is 17.7. The van der Waals surface area contributed by atoms with E-state index < -0.39 is 12.1 Å². The number of nitrogens with one attached hydrogen (secondary N) is 2. The number of hydrogen-bond donors (Lipinski definition) is 4. The normalized spacial score (nSPS) is 40.4. The molecule has 8 heteroatoms. The fourth-order valence-corrected chi connectivity index (χ4v) is 9.24. The maximum Gasteiger partial charge on any atom is 0.407 e. The van der Waals surface area contributed by atoms with Gasteiger partial charge in [-0.25, -0.2) is 4.79 Å². The maximum absolute atomic E-state index is 12.7. The molecule has 38 heavy (non-hydrogen) atoms. The highest BCUT2D eigenvalue weighted by atomic mass is 35.5. The van der Waals surface area contributed by atoms with Crippen LogP contribution in [-0.2, 0) is 9.53 Å². The quantitative estimate of drug-likeness (QED) is 0.426. The Morgan fingerprint density at radius 2 is 1.79 bits per heavy atom. The summed E-state index contributed by atoms with van der Waals surface area (Å²) in [6.45, 7) is 4.57. The molecule has 1 aromatic rings. The van der Waals surface area contributed by atoms with E-state index in [0.29, 0.717) is 17.8 Å². The highest BCUT2D eigenvalue weighted by molar-refractivity contribution is 5.85. The molecule has 1 aromatic carbocycles. The Bertz CT molecular complexity index is 1010. The number of benzene rings is 1. The van der Waals surface area contributed by atoms with Crippen LogP contribution in [0.4, 0.5) is 4.79 Å². The predicted octanol–water partition coefficient (Wildman–Crippen LogP) is 4.72.